The smallest absolute Gasteiger partial charge is 0.391 e. The summed E-state index contributed by atoms with van der Waals surface area (Å²) in [7, 11) is -4.34. The van der Waals surface area contributed by atoms with Crippen LogP contribution in [-0.2, 0) is 14.8 Å². The maximum Gasteiger partial charge on any atom is 0.434 e. The lowest BCUT2D eigenvalue weighted by atomic mass is 9.88. The third-order valence-corrected chi connectivity index (χ3v) is 6.97. The Hall–Kier alpha value is -3.02. The lowest BCUT2D eigenvalue weighted by Gasteiger charge is -2.25. The summed E-state index contributed by atoms with van der Waals surface area (Å²) >= 11 is 5.96. The van der Waals surface area contributed by atoms with E-state index < -0.39 is 39.5 Å². The van der Waals surface area contributed by atoms with Gasteiger partial charge in [0.1, 0.15) is 16.8 Å². The zero-order valence-corrected chi connectivity index (χ0v) is 19.8. The Balaban J connectivity index is 2.12. The van der Waals surface area contributed by atoms with Crippen molar-refractivity contribution in [1.82, 2.24) is 14.9 Å². The molecule has 176 valence electrons. The zero-order chi connectivity index (χ0) is 24.5. The number of benzene rings is 2. The number of aryl methyl sites for hydroxylation is 1. The quantitative estimate of drug-likeness (QED) is 0.458. The minimum atomic E-state index is -4.34. The minimum Gasteiger partial charge on any atom is -0.391 e. The Labute approximate surface area is 194 Å². The Morgan fingerprint density at radius 3 is 2.55 bits per heavy atom. The lowest BCUT2D eigenvalue weighted by molar-refractivity contribution is -0.114. The van der Waals surface area contributed by atoms with Crippen molar-refractivity contribution < 1.29 is 22.0 Å². The van der Waals surface area contributed by atoms with Crippen LogP contribution in [0.2, 0.25) is 5.02 Å². The molecule has 33 heavy (non-hydrogen) atoms. The second kappa shape index (κ2) is 9.46. The standard InChI is InChI=1S/C21H22ClFN4O5S/c1-10-5-7-15(23)18(11(10)2)12(3)19(20-25-26-21(29)32-20)27-33(30,31)17-8-6-14(22)9-16(17)24-13(4)28/h5-9,12,19,27H,1-4H3,(H,24,28)(H,26,29)/t12-,19+/m1/s1. The van der Waals surface area contributed by atoms with Gasteiger partial charge in [0.2, 0.25) is 21.8 Å². The van der Waals surface area contributed by atoms with Crippen molar-refractivity contribution in [1.29, 1.82) is 0 Å². The molecule has 0 spiro atoms. The summed E-state index contributed by atoms with van der Waals surface area (Å²) in [5.74, 6) is -3.05. The van der Waals surface area contributed by atoms with E-state index in [1.807, 2.05) is 0 Å². The summed E-state index contributed by atoms with van der Waals surface area (Å²) in [5.41, 5.74) is 1.62. The van der Waals surface area contributed by atoms with Crippen LogP contribution in [0.15, 0.2) is 44.4 Å². The molecule has 3 aromatic rings. The Morgan fingerprint density at radius 1 is 1.24 bits per heavy atom. The highest BCUT2D eigenvalue weighted by Crippen LogP contribution is 2.36. The number of rotatable bonds is 7. The fourth-order valence-electron chi connectivity index (χ4n) is 3.53. The first-order chi connectivity index (χ1) is 15.4. The van der Waals surface area contributed by atoms with Crippen molar-refractivity contribution >= 4 is 33.2 Å². The van der Waals surface area contributed by atoms with Gasteiger partial charge >= 0.3 is 5.76 Å². The first-order valence-corrected chi connectivity index (χ1v) is 11.7. The van der Waals surface area contributed by atoms with Gasteiger partial charge in [0.25, 0.3) is 0 Å². The first kappa shape index (κ1) is 24.6. The van der Waals surface area contributed by atoms with Crippen molar-refractivity contribution in [3.05, 3.63) is 74.3 Å². The summed E-state index contributed by atoms with van der Waals surface area (Å²) in [5, 5.41) is 8.49. The Kier molecular flexibility index (Phi) is 7.06. The third-order valence-electron chi connectivity index (χ3n) is 5.23. The largest absolute Gasteiger partial charge is 0.434 e. The monoisotopic (exact) mass is 496 g/mol. The number of H-pyrrole nitrogens is 1. The topological polar surface area (TPSA) is 134 Å². The zero-order valence-electron chi connectivity index (χ0n) is 18.2. The molecule has 2 aromatic carbocycles. The van der Waals surface area contributed by atoms with Crippen molar-refractivity contribution in [2.75, 3.05) is 5.32 Å². The predicted octanol–water partition coefficient (Wildman–Crippen LogP) is 3.55. The summed E-state index contributed by atoms with van der Waals surface area (Å²) in [6, 6.07) is 5.49. The highest BCUT2D eigenvalue weighted by Gasteiger charge is 2.34. The summed E-state index contributed by atoms with van der Waals surface area (Å²) in [6.45, 7) is 6.32. The Bertz CT molecular complexity index is 1370. The summed E-state index contributed by atoms with van der Waals surface area (Å²) in [6.07, 6.45) is 0. The number of carbonyl (C=O) groups excluding carboxylic acids is 1. The van der Waals surface area contributed by atoms with Crippen LogP contribution in [0.4, 0.5) is 10.1 Å². The van der Waals surface area contributed by atoms with Crippen LogP contribution in [-0.4, -0.2) is 24.5 Å². The van der Waals surface area contributed by atoms with Gasteiger partial charge in [-0.2, -0.15) is 4.72 Å². The van der Waals surface area contributed by atoms with Crippen molar-refractivity contribution in [3.63, 3.8) is 0 Å². The van der Waals surface area contributed by atoms with Gasteiger partial charge in [0.05, 0.1) is 5.69 Å². The van der Waals surface area contributed by atoms with Crippen LogP contribution >= 0.6 is 11.6 Å². The molecular formula is C21H22ClFN4O5S. The maximum atomic E-state index is 14.8. The van der Waals surface area contributed by atoms with Crippen LogP contribution in [0.5, 0.6) is 0 Å². The fourth-order valence-corrected chi connectivity index (χ4v) is 5.11. The molecule has 3 rings (SSSR count). The van der Waals surface area contributed by atoms with Gasteiger partial charge in [0.15, 0.2) is 0 Å². The van der Waals surface area contributed by atoms with Crippen molar-refractivity contribution in [2.24, 2.45) is 0 Å². The number of hydrogen-bond donors (Lipinski definition) is 3. The second-order valence-corrected chi connectivity index (χ2v) is 9.68. The second-order valence-electron chi connectivity index (χ2n) is 7.56. The van der Waals surface area contributed by atoms with E-state index in [9.17, 15) is 22.4 Å². The van der Waals surface area contributed by atoms with Crippen LogP contribution < -0.4 is 15.8 Å². The SMILES string of the molecule is CC(=O)Nc1cc(Cl)ccc1S(=O)(=O)N[C@H](c1n[nH]c(=O)o1)[C@H](C)c1c(F)ccc(C)c1C. The van der Waals surface area contributed by atoms with Gasteiger partial charge in [-0.05, 0) is 54.8 Å². The normalized spacial score (nSPS) is 13.5. The molecule has 0 unspecified atom stereocenters. The molecule has 2 atom stereocenters. The predicted molar refractivity (Wildman–Crippen MR) is 120 cm³/mol. The molecule has 12 heteroatoms. The molecule has 0 saturated carbocycles. The van der Waals surface area contributed by atoms with Gasteiger partial charge < -0.3 is 9.73 Å². The van der Waals surface area contributed by atoms with Gasteiger partial charge in [-0.3, -0.25) is 4.79 Å². The van der Waals surface area contributed by atoms with E-state index in [2.05, 4.69) is 20.2 Å². The van der Waals surface area contributed by atoms with Crippen LogP contribution in [0.3, 0.4) is 0 Å². The first-order valence-electron chi connectivity index (χ1n) is 9.81. The number of hydrogen-bond acceptors (Lipinski definition) is 6. The molecule has 0 radical (unpaired) electrons. The van der Waals surface area contributed by atoms with Gasteiger partial charge in [-0.25, -0.2) is 22.7 Å². The molecule has 0 aliphatic carbocycles. The number of nitrogens with one attached hydrogen (secondary N) is 3. The van der Waals surface area contributed by atoms with Gasteiger partial charge in [-0.1, -0.05) is 24.6 Å². The van der Waals surface area contributed by atoms with Crippen LogP contribution in [0.25, 0.3) is 0 Å². The van der Waals surface area contributed by atoms with E-state index in [0.29, 0.717) is 5.56 Å². The van der Waals surface area contributed by atoms with E-state index in [1.54, 1.807) is 26.8 Å². The van der Waals surface area contributed by atoms with Crippen LogP contribution in [0.1, 0.15) is 48.4 Å². The number of nitrogens with zero attached hydrogens (tertiary/aromatic N) is 1. The number of aromatic nitrogens is 2. The van der Waals surface area contributed by atoms with Crippen molar-refractivity contribution in [3.8, 4) is 0 Å². The number of carbonyl (C=O) groups is 1. The molecule has 0 fully saturated rings. The summed E-state index contributed by atoms with van der Waals surface area (Å²) in [4.78, 5) is 22.9. The number of halogens is 2. The number of sulfonamides is 1. The Morgan fingerprint density at radius 2 is 1.94 bits per heavy atom. The van der Waals surface area contributed by atoms with Crippen molar-refractivity contribution in [2.45, 2.75) is 44.6 Å². The fraction of sp³-hybridized carbons (Fsp3) is 0.286. The highest BCUT2D eigenvalue weighted by molar-refractivity contribution is 7.89. The molecule has 0 aliphatic heterocycles. The molecule has 0 aliphatic rings. The maximum absolute atomic E-state index is 14.8. The number of anilines is 1. The van der Waals surface area contributed by atoms with Gasteiger partial charge in [0, 0.05) is 17.9 Å². The van der Waals surface area contributed by atoms with E-state index in [4.69, 9.17) is 16.0 Å². The molecule has 0 saturated heterocycles. The molecule has 3 N–H and O–H groups in total. The third kappa shape index (κ3) is 5.32. The van der Waals surface area contributed by atoms with Crippen LogP contribution in [0, 0.1) is 19.7 Å². The average Bonchev–Trinajstić information content (AvgIpc) is 3.14. The van der Waals surface area contributed by atoms with E-state index in [0.717, 1.165) is 5.56 Å². The molecule has 1 aromatic heterocycles. The minimum absolute atomic E-state index is 0.0460. The van der Waals surface area contributed by atoms with E-state index in [-0.39, 0.29) is 27.1 Å². The number of amides is 1. The molecule has 1 heterocycles. The van der Waals surface area contributed by atoms with E-state index in [1.165, 1.54) is 31.2 Å². The molecular weight excluding hydrogens is 475 g/mol. The van der Waals surface area contributed by atoms with Gasteiger partial charge in [-0.15, -0.1) is 5.10 Å². The highest BCUT2D eigenvalue weighted by atomic mass is 35.5. The lowest BCUT2D eigenvalue weighted by Crippen LogP contribution is -2.33. The molecule has 0 bridgehead atoms. The molecule has 1 amide bonds. The van der Waals surface area contributed by atoms with E-state index >= 15 is 0 Å². The number of aromatic amines is 1. The summed E-state index contributed by atoms with van der Waals surface area (Å²) < 4.78 is 49.0. The molecule has 9 nitrogen and oxygen atoms in total. The average molecular weight is 497 g/mol.